The van der Waals surface area contributed by atoms with Gasteiger partial charge in [0.05, 0.1) is 10.7 Å². The van der Waals surface area contributed by atoms with Crippen molar-refractivity contribution in [3.05, 3.63) is 51.7 Å². The zero-order valence-electron chi connectivity index (χ0n) is 16.1. The van der Waals surface area contributed by atoms with Gasteiger partial charge in [-0.2, -0.15) is 0 Å². The molecule has 0 spiro atoms. The molecule has 1 atom stereocenters. The lowest BCUT2D eigenvalue weighted by Gasteiger charge is -2.34. The molecule has 2 heterocycles. The fraction of sp³-hybridized carbons (Fsp3) is 0.571. The van der Waals surface area contributed by atoms with E-state index >= 15 is 0 Å². The van der Waals surface area contributed by atoms with Gasteiger partial charge in [0.1, 0.15) is 5.82 Å². The molecule has 1 aliphatic rings. The van der Waals surface area contributed by atoms with Gasteiger partial charge in [-0.15, -0.1) is 11.3 Å². The molecule has 2 aromatic rings. The van der Waals surface area contributed by atoms with E-state index in [4.69, 9.17) is 4.98 Å². The Hall–Kier alpha value is -1.30. The van der Waals surface area contributed by atoms with Crippen LogP contribution in [0.25, 0.3) is 0 Å². The fourth-order valence-corrected chi connectivity index (χ4v) is 4.48. The second kappa shape index (κ2) is 9.07. The minimum atomic E-state index is -0.161. The molecule has 0 saturated carbocycles. The van der Waals surface area contributed by atoms with Crippen LogP contribution in [-0.2, 0) is 19.5 Å². The van der Waals surface area contributed by atoms with Crippen LogP contribution >= 0.6 is 11.3 Å². The van der Waals surface area contributed by atoms with Crippen molar-refractivity contribution in [2.75, 3.05) is 19.6 Å². The number of hydrogen-bond acceptors (Lipinski definition) is 4. The monoisotopic (exact) mass is 375 g/mol. The molecule has 1 aromatic carbocycles. The van der Waals surface area contributed by atoms with Crippen LogP contribution in [0.1, 0.15) is 43.5 Å². The molecule has 0 aliphatic carbocycles. The Morgan fingerprint density at radius 1 is 1.19 bits per heavy atom. The highest BCUT2D eigenvalue weighted by atomic mass is 32.1. The molecule has 0 radical (unpaired) electrons. The number of aromatic nitrogens is 1. The third-order valence-corrected chi connectivity index (χ3v) is 6.23. The average molecular weight is 376 g/mol. The van der Waals surface area contributed by atoms with E-state index in [2.05, 4.69) is 36.0 Å². The zero-order chi connectivity index (χ0) is 18.5. The molecule has 0 N–H and O–H groups in total. The molecular formula is C21H30FN3S. The topological polar surface area (TPSA) is 19.4 Å². The molecule has 0 amide bonds. The second-order valence-corrected chi connectivity index (χ2v) is 8.53. The Labute approximate surface area is 160 Å². The summed E-state index contributed by atoms with van der Waals surface area (Å²) in [7, 11) is 0. The molecule has 5 heteroatoms. The van der Waals surface area contributed by atoms with Crippen molar-refractivity contribution in [3.63, 3.8) is 0 Å². The normalized spacial score (nSPS) is 19.8. The summed E-state index contributed by atoms with van der Waals surface area (Å²) < 4.78 is 13.2. The summed E-state index contributed by atoms with van der Waals surface area (Å²) in [6.45, 7) is 11.9. The highest BCUT2D eigenvalue weighted by molar-refractivity contribution is 7.09. The summed E-state index contributed by atoms with van der Waals surface area (Å²) in [5.41, 5.74) is 2.40. The first-order valence-electron chi connectivity index (χ1n) is 9.69. The van der Waals surface area contributed by atoms with Crippen molar-refractivity contribution in [1.82, 2.24) is 14.8 Å². The molecular weight excluding hydrogens is 345 g/mol. The summed E-state index contributed by atoms with van der Waals surface area (Å²) >= 11 is 1.78. The minimum Gasteiger partial charge on any atom is -0.296 e. The Morgan fingerprint density at radius 2 is 1.96 bits per heavy atom. The molecule has 1 fully saturated rings. The van der Waals surface area contributed by atoms with Crippen molar-refractivity contribution >= 4 is 11.3 Å². The van der Waals surface area contributed by atoms with Gasteiger partial charge < -0.3 is 0 Å². The van der Waals surface area contributed by atoms with Gasteiger partial charge in [-0.25, -0.2) is 9.37 Å². The number of rotatable bonds is 6. The van der Waals surface area contributed by atoms with Crippen LogP contribution in [0, 0.1) is 11.7 Å². The molecule has 3 rings (SSSR count). The van der Waals surface area contributed by atoms with E-state index in [0.717, 1.165) is 45.6 Å². The van der Waals surface area contributed by atoms with E-state index < -0.39 is 0 Å². The van der Waals surface area contributed by atoms with E-state index in [1.54, 1.807) is 23.5 Å². The summed E-state index contributed by atoms with van der Waals surface area (Å²) in [5.74, 6) is 0.420. The van der Waals surface area contributed by atoms with Crippen LogP contribution in [-0.4, -0.2) is 40.5 Å². The maximum atomic E-state index is 13.2. The average Bonchev–Trinajstić information content (AvgIpc) is 2.98. The number of hydrogen-bond donors (Lipinski definition) is 0. The second-order valence-electron chi connectivity index (χ2n) is 7.58. The van der Waals surface area contributed by atoms with Gasteiger partial charge in [0.25, 0.3) is 0 Å². The van der Waals surface area contributed by atoms with Gasteiger partial charge in [-0.3, -0.25) is 9.80 Å². The number of halogens is 1. The van der Waals surface area contributed by atoms with Crippen LogP contribution < -0.4 is 0 Å². The smallest absolute Gasteiger partial charge is 0.123 e. The maximum Gasteiger partial charge on any atom is 0.123 e. The first-order chi connectivity index (χ1) is 12.5. The molecule has 142 valence electrons. The van der Waals surface area contributed by atoms with E-state index in [0.29, 0.717) is 12.0 Å². The van der Waals surface area contributed by atoms with Gasteiger partial charge in [0.15, 0.2) is 0 Å². The highest BCUT2D eigenvalue weighted by Crippen LogP contribution is 2.22. The lowest BCUT2D eigenvalue weighted by Crippen LogP contribution is -2.43. The van der Waals surface area contributed by atoms with Crippen molar-refractivity contribution in [2.45, 2.75) is 52.7 Å². The highest BCUT2D eigenvalue weighted by Gasteiger charge is 2.27. The third kappa shape index (κ3) is 5.12. The third-order valence-electron chi connectivity index (χ3n) is 5.19. The lowest BCUT2D eigenvalue weighted by molar-refractivity contribution is 0.130. The minimum absolute atomic E-state index is 0.161. The molecule has 26 heavy (non-hydrogen) atoms. The van der Waals surface area contributed by atoms with E-state index in [1.807, 2.05) is 12.1 Å². The van der Waals surface area contributed by atoms with Crippen LogP contribution in [0.4, 0.5) is 4.39 Å². The van der Waals surface area contributed by atoms with Crippen molar-refractivity contribution in [1.29, 1.82) is 0 Å². The van der Waals surface area contributed by atoms with Gasteiger partial charge in [0, 0.05) is 37.6 Å². The Morgan fingerprint density at radius 3 is 2.62 bits per heavy atom. The van der Waals surface area contributed by atoms with Crippen LogP contribution in [0.5, 0.6) is 0 Å². The molecule has 1 saturated heterocycles. The van der Waals surface area contributed by atoms with Crippen LogP contribution in [0.15, 0.2) is 29.6 Å². The van der Waals surface area contributed by atoms with Crippen LogP contribution in [0.2, 0.25) is 0 Å². The van der Waals surface area contributed by atoms with Gasteiger partial charge in [0.2, 0.25) is 0 Å². The lowest BCUT2D eigenvalue weighted by atomic mass is 10.0. The Kier molecular flexibility index (Phi) is 6.79. The molecule has 0 bridgehead atoms. The maximum absolute atomic E-state index is 13.2. The number of thiazole rings is 1. The van der Waals surface area contributed by atoms with E-state index in [1.165, 1.54) is 16.3 Å². The van der Waals surface area contributed by atoms with E-state index in [9.17, 15) is 4.39 Å². The SMILES string of the molecule is CCc1nc(CN2CCCN(Cc3ccc(F)cc3)[C@H](C(C)C)C2)cs1. The number of aryl methyl sites for hydroxylation is 1. The van der Waals surface area contributed by atoms with Crippen molar-refractivity contribution < 1.29 is 4.39 Å². The molecule has 1 aliphatic heterocycles. The first kappa shape index (κ1) is 19.5. The Bertz CT molecular complexity index is 683. The van der Waals surface area contributed by atoms with Crippen LogP contribution in [0.3, 0.4) is 0 Å². The summed E-state index contributed by atoms with van der Waals surface area (Å²) in [6, 6.07) is 7.47. The van der Waals surface area contributed by atoms with Crippen molar-refractivity contribution in [2.24, 2.45) is 5.92 Å². The quantitative estimate of drug-likeness (QED) is 0.737. The zero-order valence-corrected chi connectivity index (χ0v) is 16.9. The largest absolute Gasteiger partial charge is 0.296 e. The molecule has 0 unspecified atom stereocenters. The molecule has 1 aromatic heterocycles. The predicted octanol–water partition coefficient (Wildman–Crippen LogP) is 4.58. The fourth-order valence-electron chi connectivity index (χ4n) is 3.74. The standard InChI is InChI=1S/C21H30FN3S/c1-4-21-23-19(15-26-21)13-24-10-5-11-25(20(14-24)16(2)3)12-17-6-8-18(22)9-7-17/h6-9,15-16,20H,4-5,10-14H2,1-3H3/t20-/m0/s1. The predicted molar refractivity (Wildman–Crippen MR) is 107 cm³/mol. The number of benzene rings is 1. The van der Waals surface area contributed by atoms with Gasteiger partial charge in [-0.05, 0) is 43.0 Å². The molecule has 3 nitrogen and oxygen atoms in total. The Balaban J connectivity index is 1.67. The summed E-state index contributed by atoms with van der Waals surface area (Å²) in [4.78, 5) is 9.89. The number of nitrogens with zero attached hydrogens (tertiary/aromatic N) is 3. The van der Waals surface area contributed by atoms with Gasteiger partial charge in [-0.1, -0.05) is 32.9 Å². The summed E-state index contributed by atoms with van der Waals surface area (Å²) in [5, 5.41) is 3.44. The van der Waals surface area contributed by atoms with Crippen molar-refractivity contribution in [3.8, 4) is 0 Å². The van der Waals surface area contributed by atoms with Gasteiger partial charge >= 0.3 is 0 Å². The summed E-state index contributed by atoms with van der Waals surface area (Å²) in [6.07, 6.45) is 2.18. The first-order valence-corrected chi connectivity index (χ1v) is 10.6. The van der Waals surface area contributed by atoms with E-state index in [-0.39, 0.29) is 5.82 Å².